The summed E-state index contributed by atoms with van der Waals surface area (Å²) in [7, 11) is 1.59. The summed E-state index contributed by atoms with van der Waals surface area (Å²) in [6.07, 6.45) is 0.141. The Hall–Kier alpha value is -4.33. The first kappa shape index (κ1) is 25.3. The summed E-state index contributed by atoms with van der Waals surface area (Å²) < 4.78 is 5.18. The zero-order valence-corrected chi connectivity index (χ0v) is 21.7. The average Bonchev–Trinajstić information content (AvgIpc) is 3.34. The lowest BCUT2D eigenvalue weighted by atomic mass is 10.1. The number of ether oxygens (including phenoxy) is 1. The number of carbonyl (C=O) groups is 3. The van der Waals surface area contributed by atoms with Gasteiger partial charge < -0.3 is 24.8 Å². The molecule has 2 aliphatic rings. The largest absolute Gasteiger partial charge is 0.497 e. The van der Waals surface area contributed by atoms with Crippen LogP contribution >= 0.6 is 0 Å². The van der Waals surface area contributed by atoms with Gasteiger partial charge in [-0.25, -0.2) is 0 Å². The first-order chi connectivity index (χ1) is 18.4. The van der Waals surface area contributed by atoms with E-state index in [0.29, 0.717) is 36.6 Å². The Balaban J connectivity index is 1.18. The minimum absolute atomic E-state index is 0.0493. The Morgan fingerprint density at radius 3 is 2.34 bits per heavy atom. The highest BCUT2D eigenvalue weighted by atomic mass is 16.5. The maximum Gasteiger partial charge on any atom is 0.254 e. The van der Waals surface area contributed by atoms with Gasteiger partial charge in [0.05, 0.1) is 13.0 Å². The minimum atomic E-state index is -0.473. The lowest BCUT2D eigenvalue weighted by Crippen LogP contribution is -2.48. The van der Waals surface area contributed by atoms with Crippen molar-refractivity contribution in [1.82, 2.24) is 4.90 Å². The molecule has 1 N–H and O–H groups in total. The minimum Gasteiger partial charge on any atom is -0.497 e. The maximum atomic E-state index is 13.2. The molecule has 2 fully saturated rings. The number of amides is 3. The molecule has 0 aromatic heterocycles. The Labute approximate surface area is 222 Å². The molecule has 196 valence electrons. The van der Waals surface area contributed by atoms with Crippen molar-refractivity contribution in [1.29, 1.82) is 0 Å². The smallest absolute Gasteiger partial charge is 0.254 e. The van der Waals surface area contributed by atoms with Gasteiger partial charge in [-0.15, -0.1) is 0 Å². The molecule has 0 aliphatic carbocycles. The predicted octanol–water partition coefficient (Wildman–Crippen LogP) is 3.96. The third-order valence-electron chi connectivity index (χ3n) is 7.19. The number of carbonyl (C=O) groups excluding carboxylic acids is 3. The normalized spacial score (nSPS) is 17.5. The van der Waals surface area contributed by atoms with Crippen LogP contribution in [0.25, 0.3) is 0 Å². The van der Waals surface area contributed by atoms with E-state index in [1.807, 2.05) is 17.0 Å². The van der Waals surface area contributed by atoms with Crippen LogP contribution in [0.4, 0.5) is 17.1 Å². The van der Waals surface area contributed by atoms with Gasteiger partial charge in [-0.3, -0.25) is 14.4 Å². The van der Waals surface area contributed by atoms with E-state index in [9.17, 15) is 14.4 Å². The SMILES string of the molecule is COc1ccc(N2C[C@H](C(=O)Nc3cccc(C(=O)N4CCN(c5cccc(C)c5)CC4)c3)CC2=O)cc1. The lowest BCUT2D eigenvalue weighted by molar-refractivity contribution is -0.122. The quantitative estimate of drug-likeness (QED) is 0.541. The maximum absolute atomic E-state index is 13.2. The molecule has 2 saturated heterocycles. The number of nitrogens with zero attached hydrogens (tertiary/aromatic N) is 3. The molecule has 2 aliphatic heterocycles. The fraction of sp³-hybridized carbons (Fsp3) is 0.300. The molecular formula is C30H32N4O4. The van der Waals surface area contributed by atoms with Gasteiger partial charge in [-0.2, -0.15) is 0 Å². The van der Waals surface area contributed by atoms with Crippen LogP contribution in [-0.2, 0) is 9.59 Å². The number of hydrogen-bond donors (Lipinski definition) is 1. The summed E-state index contributed by atoms with van der Waals surface area (Å²) in [5.74, 6) is -0.141. The summed E-state index contributed by atoms with van der Waals surface area (Å²) in [6.45, 7) is 5.19. The highest BCUT2D eigenvalue weighted by Gasteiger charge is 2.35. The van der Waals surface area contributed by atoms with E-state index in [1.54, 1.807) is 48.4 Å². The second kappa shape index (κ2) is 11.0. The van der Waals surface area contributed by atoms with Gasteiger partial charge in [0.1, 0.15) is 5.75 Å². The Morgan fingerprint density at radius 1 is 0.895 bits per heavy atom. The molecule has 5 rings (SSSR count). The van der Waals surface area contributed by atoms with Crippen molar-refractivity contribution in [2.75, 3.05) is 55.0 Å². The van der Waals surface area contributed by atoms with E-state index in [0.717, 1.165) is 18.8 Å². The van der Waals surface area contributed by atoms with Crippen LogP contribution in [0.3, 0.4) is 0 Å². The number of methoxy groups -OCH3 is 1. The van der Waals surface area contributed by atoms with Crippen molar-refractivity contribution in [2.24, 2.45) is 5.92 Å². The molecular weight excluding hydrogens is 480 g/mol. The van der Waals surface area contributed by atoms with E-state index in [4.69, 9.17) is 4.74 Å². The van der Waals surface area contributed by atoms with Crippen molar-refractivity contribution in [3.8, 4) is 5.75 Å². The van der Waals surface area contributed by atoms with Crippen molar-refractivity contribution in [3.05, 3.63) is 83.9 Å². The molecule has 3 amide bonds. The molecule has 0 saturated carbocycles. The highest BCUT2D eigenvalue weighted by Crippen LogP contribution is 2.28. The lowest BCUT2D eigenvalue weighted by Gasteiger charge is -2.36. The predicted molar refractivity (Wildman–Crippen MR) is 148 cm³/mol. The summed E-state index contributed by atoms with van der Waals surface area (Å²) in [6, 6.07) is 22.6. The van der Waals surface area contributed by atoms with Gasteiger partial charge in [0.15, 0.2) is 0 Å². The van der Waals surface area contributed by atoms with Crippen LogP contribution < -0.4 is 19.9 Å². The number of rotatable bonds is 6. The van der Waals surface area contributed by atoms with Gasteiger partial charge in [0, 0.05) is 61.8 Å². The number of benzene rings is 3. The molecule has 1 atom stereocenters. The van der Waals surface area contributed by atoms with Gasteiger partial charge in [0.25, 0.3) is 5.91 Å². The molecule has 0 radical (unpaired) electrons. The van der Waals surface area contributed by atoms with Gasteiger partial charge in [0.2, 0.25) is 11.8 Å². The Morgan fingerprint density at radius 2 is 1.63 bits per heavy atom. The summed E-state index contributed by atoms with van der Waals surface area (Å²) in [4.78, 5) is 44.6. The van der Waals surface area contributed by atoms with Gasteiger partial charge in [-0.05, 0) is 67.1 Å². The van der Waals surface area contributed by atoms with E-state index in [-0.39, 0.29) is 24.1 Å². The van der Waals surface area contributed by atoms with Gasteiger partial charge in [-0.1, -0.05) is 18.2 Å². The average molecular weight is 513 g/mol. The number of aryl methyl sites for hydroxylation is 1. The molecule has 2 heterocycles. The third-order valence-corrected chi connectivity index (χ3v) is 7.19. The van der Waals surface area contributed by atoms with Crippen molar-refractivity contribution in [2.45, 2.75) is 13.3 Å². The molecule has 0 bridgehead atoms. The summed E-state index contributed by atoms with van der Waals surface area (Å²) >= 11 is 0. The first-order valence-electron chi connectivity index (χ1n) is 12.9. The molecule has 3 aromatic carbocycles. The molecule has 8 nitrogen and oxygen atoms in total. The zero-order valence-electron chi connectivity index (χ0n) is 21.7. The molecule has 0 spiro atoms. The zero-order chi connectivity index (χ0) is 26.6. The molecule has 3 aromatic rings. The van der Waals surface area contributed by atoms with Crippen LogP contribution in [0.1, 0.15) is 22.3 Å². The summed E-state index contributed by atoms with van der Waals surface area (Å²) in [5, 5.41) is 2.91. The molecule has 38 heavy (non-hydrogen) atoms. The Kier molecular flexibility index (Phi) is 7.31. The number of piperazine rings is 1. The third kappa shape index (κ3) is 5.49. The number of anilines is 3. The molecule has 0 unspecified atom stereocenters. The van der Waals surface area contributed by atoms with E-state index < -0.39 is 5.92 Å². The van der Waals surface area contributed by atoms with Crippen LogP contribution in [0.2, 0.25) is 0 Å². The van der Waals surface area contributed by atoms with Crippen molar-refractivity contribution < 1.29 is 19.1 Å². The van der Waals surface area contributed by atoms with Gasteiger partial charge >= 0.3 is 0 Å². The Bertz CT molecular complexity index is 1330. The van der Waals surface area contributed by atoms with E-state index in [2.05, 4.69) is 41.4 Å². The topological polar surface area (TPSA) is 82.2 Å². The second-order valence-electron chi connectivity index (χ2n) is 9.79. The highest BCUT2D eigenvalue weighted by molar-refractivity contribution is 6.04. The number of nitrogens with one attached hydrogen (secondary N) is 1. The monoisotopic (exact) mass is 512 g/mol. The van der Waals surface area contributed by atoms with Crippen LogP contribution in [0.5, 0.6) is 5.75 Å². The standard InChI is InChI=1S/C30H32N4O4/c1-21-5-3-8-26(17-21)32-13-15-33(16-14-32)30(37)22-6-4-7-24(18-22)31-29(36)23-19-28(35)34(20-23)25-9-11-27(38-2)12-10-25/h3-12,17-18,23H,13-16,19-20H2,1-2H3,(H,31,36)/t23-/m1/s1. The van der Waals surface area contributed by atoms with Crippen LogP contribution in [-0.4, -0.2) is 62.5 Å². The van der Waals surface area contributed by atoms with Crippen LogP contribution in [0, 0.1) is 12.8 Å². The first-order valence-corrected chi connectivity index (χ1v) is 12.9. The second-order valence-corrected chi connectivity index (χ2v) is 9.79. The van der Waals surface area contributed by atoms with Crippen molar-refractivity contribution >= 4 is 34.8 Å². The van der Waals surface area contributed by atoms with Crippen LogP contribution in [0.15, 0.2) is 72.8 Å². The fourth-order valence-corrected chi connectivity index (χ4v) is 5.04. The van der Waals surface area contributed by atoms with E-state index in [1.165, 1.54) is 11.3 Å². The van der Waals surface area contributed by atoms with Crippen molar-refractivity contribution in [3.63, 3.8) is 0 Å². The van der Waals surface area contributed by atoms with E-state index >= 15 is 0 Å². The number of hydrogen-bond acceptors (Lipinski definition) is 5. The fourth-order valence-electron chi connectivity index (χ4n) is 5.04. The summed E-state index contributed by atoms with van der Waals surface area (Å²) in [5.41, 5.74) is 4.22. The molecule has 8 heteroatoms.